The summed E-state index contributed by atoms with van der Waals surface area (Å²) >= 11 is 3.40. The van der Waals surface area contributed by atoms with Gasteiger partial charge in [0.15, 0.2) is 0 Å². The normalized spacial score (nSPS) is 10.2. The Balaban J connectivity index is 2.24. The monoisotopic (exact) mass is 350 g/mol. The highest BCUT2D eigenvalue weighted by atomic mass is 79.9. The van der Waals surface area contributed by atoms with Crippen molar-refractivity contribution in [2.75, 3.05) is 12.8 Å². The van der Waals surface area contributed by atoms with Crippen molar-refractivity contribution in [2.24, 2.45) is 5.73 Å². The fourth-order valence-electron chi connectivity index (χ4n) is 1.88. The minimum absolute atomic E-state index is 0.243. The standard InChI is InChI=1S/C15H15BrN2O3/c1-20-13-4-2-10(16)6-9(13)8-21-14-5-3-11(17)7-12(14)15(18)19/h2-7H,8,17H2,1H3,(H2,18,19). The molecule has 0 aromatic heterocycles. The summed E-state index contributed by atoms with van der Waals surface area (Å²) in [5, 5.41) is 0. The van der Waals surface area contributed by atoms with E-state index < -0.39 is 5.91 Å². The number of halogens is 1. The van der Waals surface area contributed by atoms with Gasteiger partial charge in [0, 0.05) is 15.7 Å². The van der Waals surface area contributed by atoms with Crippen LogP contribution in [0.25, 0.3) is 0 Å². The second-order valence-corrected chi connectivity index (χ2v) is 5.28. The van der Waals surface area contributed by atoms with E-state index in [1.165, 1.54) is 6.07 Å². The number of carbonyl (C=O) groups is 1. The number of anilines is 1. The minimum Gasteiger partial charge on any atom is -0.496 e. The third-order valence-corrected chi connectivity index (χ3v) is 3.39. The molecule has 0 fully saturated rings. The first-order chi connectivity index (χ1) is 10.0. The van der Waals surface area contributed by atoms with Gasteiger partial charge in [-0.1, -0.05) is 15.9 Å². The van der Waals surface area contributed by atoms with Crippen LogP contribution in [0.2, 0.25) is 0 Å². The molecule has 2 aromatic carbocycles. The third-order valence-electron chi connectivity index (χ3n) is 2.89. The number of hydrogen-bond donors (Lipinski definition) is 2. The van der Waals surface area contributed by atoms with Crippen LogP contribution < -0.4 is 20.9 Å². The van der Waals surface area contributed by atoms with E-state index in [1.807, 2.05) is 18.2 Å². The van der Waals surface area contributed by atoms with Crippen molar-refractivity contribution >= 4 is 27.5 Å². The van der Waals surface area contributed by atoms with Gasteiger partial charge in [-0.15, -0.1) is 0 Å². The summed E-state index contributed by atoms with van der Waals surface area (Å²) in [6, 6.07) is 10.4. The molecular formula is C15H15BrN2O3. The zero-order chi connectivity index (χ0) is 15.4. The molecule has 0 saturated heterocycles. The molecule has 0 atom stereocenters. The van der Waals surface area contributed by atoms with Crippen LogP contribution in [0.1, 0.15) is 15.9 Å². The molecule has 2 rings (SSSR count). The fraction of sp³-hybridized carbons (Fsp3) is 0.133. The smallest absolute Gasteiger partial charge is 0.252 e. The van der Waals surface area contributed by atoms with Crippen LogP contribution in [0.5, 0.6) is 11.5 Å². The van der Waals surface area contributed by atoms with Crippen molar-refractivity contribution in [2.45, 2.75) is 6.61 Å². The molecule has 1 amide bonds. The molecular weight excluding hydrogens is 336 g/mol. The van der Waals surface area contributed by atoms with Gasteiger partial charge in [-0.2, -0.15) is 0 Å². The molecule has 6 heteroatoms. The molecule has 0 aliphatic rings. The molecule has 0 aliphatic heterocycles. The number of benzene rings is 2. The summed E-state index contributed by atoms with van der Waals surface area (Å²) in [5.41, 5.74) is 12.5. The summed E-state index contributed by atoms with van der Waals surface area (Å²) in [4.78, 5) is 11.4. The van der Waals surface area contributed by atoms with Gasteiger partial charge in [-0.3, -0.25) is 4.79 Å². The molecule has 21 heavy (non-hydrogen) atoms. The van der Waals surface area contributed by atoms with E-state index in [1.54, 1.807) is 19.2 Å². The largest absolute Gasteiger partial charge is 0.496 e. The molecule has 4 N–H and O–H groups in total. The van der Waals surface area contributed by atoms with Crippen molar-refractivity contribution < 1.29 is 14.3 Å². The molecule has 5 nitrogen and oxygen atoms in total. The Morgan fingerprint density at radius 1 is 1.19 bits per heavy atom. The highest BCUT2D eigenvalue weighted by Gasteiger charge is 2.11. The van der Waals surface area contributed by atoms with Crippen LogP contribution in [0.4, 0.5) is 5.69 Å². The van der Waals surface area contributed by atoms with Gasteiger partial charge in [0.1, 0.15) is 18.1 Å². The number of carbonyl (C=O) groups excluding carboxylic acids is 1. The molecule has 0 heterocycles. The van der Waals surface area contributed by atoms with Crippen molar-refractivity contribution in [3.63, 3.8) is 0 Å². The van der Waals surface area contributed by atoms with E-state index in [0.29, 0.717) is 17.2 Å². The average Bonchev–Trinajstić information content (AvgIpc) is 2.46. The van der Waals surface area contributed by atoms with Crippen LogP contribution in [0, 0.1) is 0 Å². The van der Waals surface area contributed by atoms with Crippen LogP contribution in [-0.4, -0.2) is 13.0 Å². The van der Waals surface area contributed by atoms with Crippen LogP contribution in [0.3, 0.4) is 0 Å². The number of nitrogen functional groups attached to an aromatic ring is 1. The zero-order valence-electron chi connectivity index (χ0n) is 11.4. The lowest BCUT2D eigenvalue weighted by atomic mass is 10.1. The van der Waals surface area contributed by atoms with Crippen LogP contribution in [0.15, 0.2) is 40.9 Å². The number of nitrogens with two attached hydrogens (primary N) is 2. The van der Waals surface area contributed by atoms with Gasteiger partial charge in [0.05, 0.1) is 12.7 Å². The highest BCUT2D eigenvalue weighted by molar-refractivity contribution is 9.10. The summed E-state index contributed by atoms with van der Waals surface area (Å²) in [6.07, 6.45) is 0. The second kappa shape index (κ2) is 6.49. The number of primary amides is 1. The lowest BCUT2D eigenvalue weighted by molar-refractivity contribution is 0.0996. The Bertz CT molecular complexity index is 674. The first-order valence-corrected chi connectivity index (χ1v) is 6.95. The van der Waals surface area contributed by atoms with E-state index >= 15 is 0 Å². The van der Waals surface area contributed by atoms with E-state index in [-0.39, 0.29) is 12.2 Å². The number of rotatable bonds is 5. The number of ether oxygens (including phenoxy) is 2. The molecule has 0 bridgehead atoms. The lowest BCUT2D eigenvalue weighted by Gasteiger charge is -2.13. The Morgan fingerprint density at radius 3 is 2.57 bits per heavy atom. The van der Waals surface area contributed by atoms with Crippen molar-refractivity contribution in [3.05, 3.63) is 52.0 Å². The van der Waals surface area contributed by atoms with Gasteiger partial charge < -0.3 is 20.9 Å². The van der Waals surface area contributed by atoms with Gasteiger partial charge in [-0.05, 0) is 36.4 Å². The van der Waals surface area contributed by atoms with E-state index in [4.69, 9.17) is 20.9 Å². The molecule has 0 saturated carbocycles. The van der Waals surface area contributed by atoms with E-state index in [9.17, 15) is 4.79 Å². The Kier molecular flexibility index (Phi) is 4.70. The Labute approximate surface area is 131 Å². The van der Waals surface area contributed by atoms with Gasteiger partial charge >= 0.3 is 0 Å². The Hall–Kier alpha value is -2.21. The van der Waals surface area contributed by atoms with E-state index in [2.05, 4.69) is 15.9 Å². The third kappa shape index (κ3) is 3.66. The lowest BCUT2D eigenvalue weighted by Crippen LogP contribution is -2.13. The molecule has 0 radical (unpaired) electrons. The quantitative estimate of drug-likeness (QED) is 0.811. The average molecular weight is 351 g/mol. The summed E-state index contributed by atoms with van der Waals surface area (Å²) in [7, 11) is 1.59. The number of hydrogen-bond acceptors (Lipinski definition) is 4. The van der Waals surface area contributed by atoms with Crippen LogP contribution >= 0.6 is 15.9 Å². The van der Waals surface area contributed by atoms with Gasteiger partial charge in [-0.25, -0.2) is 0 Å². The highest BCUT2D eigenvalue weighted by Crippen LogP contribution is 2.26. The zero-order valence-corrected chi connectivity index (χ0v) is 13.0. The molecule has 0 spiro atoms. The predicted molar refractivity (Wildman–Crippen MR) is 84.4 cm³/mol. The van der Waals surface area contributed by atoms with Crippen molar-refractivity contribution in [3.8, 4) is 11.5 Å². The maximum absolute atomic E-state index is 11.4. The van der Waals surface area contributed by atoms with Crippen molar-refractivity contribution in [1.82, 2.24) is 0 Å². The first kappa shape index (κ1) is 15.2. The maximum atomic E-state index is 11.4. The Morgan fingerprint density at radius 2 is 1.90 bits per heavy atom. The van der Waals surface area contributed by atoms with Gasteiger partial charge in [0.25, 0.3) is 5.91 Å². The first-order valence-electron chi connectivity index (χ1n) is 6.16. The maximum Gasteiger partial charge on any atom is 0.252 e. The molecule has 2 aromatic rings. The second-order valence-electron chi connectivity index (χ2n) is 4.36. The number of amides is 1. The minimum atomic E-state index is -0.585. The molecule has 0 unspecified atom stereocenters. The topological polar surface area (TPSA) is 87.6 Å². The number of methoxy groups -OCH3 is 1. The molecule has 110 valence electrons. The van der Waals surface area contributed by atoms with E-state index in [0.717, 1.165) is 10.0 Å². The molecule has 0 aliphatic carbocycles. The SMILES string of the molecule is COc1ccc(Br)cc1COc1ccc(N)cc1C(N)=O. The summed E-state index contributed by atoms with van der Waals surface area (Å²) in [6.45, 7) is 0.243. The predicted octanol–water partition coefficient (Wildman–Crippen LogP) is 2.72. The van der Waals surface area contributed by atoms with Gasteiger partial charge in [0.2, 0.25) is 0 Å². The fourth-order valence-corrected chi connectivity index (χ4v) is 2.29. The summed E-state index contributed by atoms with van der Waals surface area (Å²) < 4.78 is 11.9. The van der Waals surface area contributed by atoms with Crippen molar-refractivity contribution in [1.29, 1.82) is 0 Å². The van der Waals surface area contributed by atoms with Crippen LogP contribution in [-0.2, 0) is 6.61 Å². The summed E-state index contributed by atoms with van der Waals surface area (Å²) in [5.74, 6) is 0.506.